The van der Waals surface area contributed by atoms with Crippen molar-refractivity contribution in [2.75, 3.05) is 5.32 Å². The van der Waals surface area contributed by atoms with Gasteiger partial charge in [-0.15, -0.1) is 0 Å². The first-order valence-corrected chi connectivity index (χ1v) is 11.1. The van der Waals surface area contributed by atoms with E-state index in [1.165, 1.54) is 36.3 Å². The number of phenols is 1. The van der Waals surface area contributed by atoms with Crippen LogP contribution < -0.4 is 10.6 Å². The van der Waals surface area contributed by atoms with Gasteiger partial charge in [-0.1, -0.05) is 23.9 Å². The monoisotopic (exact) mass is 472 g/mol. The number of aromatic hydroxyl groups is 1. The van der Waals surface area contributed by atoms with Gasteiger partial charge in [-0.05, 0) is 42.5 Å². The van der Waals surface area contributed by atoms with Crippen LogP contribution >= 0.6 is 11.8 Å². The van der Waals surface area contributed by atoms with Gasteiger partial charge in [-0.25, -0.2) is 14.4 Å². The number of hydrogen-bond acceptors (Lipinski definition) is 6. The number of benzene rings is 3. The molecule has 2 amide bonds. The predicted molar refractivity (Wildman–Crippen MR) is 125 cm³/mol. The first-order valence-electron chi connectivity index (χ1n) is 10.3. The molecule has 0 unspecified atom stereocenters. The average molecular weight is 473 g/mol. The van der Waals surface area contributed by atoms with Crippen LogP contribution in [0.2, 0.25) is 0 Å². The highest BCUT2D eigenvalue weighted by Gasteiger charge is 2.20. The van der Waals surface area contributed by atoms with E-state index in [0.717, 1.165) is 15.9 Å². The lowest BCUT2D eigenvalue weighted by atomic mass is 10.1. The number of fused-ring (bicyclic) bond motifs is 2. The summed E-state index contributed by atoms with van der Waals surface area (Å²) in [7, 11) is 0. The molecule has 0 radical (unpaired) electrons. The van der Waals surface area contributed by atoms with Gasteiger partial charge in [-0.2, -0.15) is 0 Å². The Morgan fingerprint density at radius 1 is 1.00 bits per heavy atom. The van der Waals surface area contributed by atoms with Crippen LogP contribution in [0.25, 0.3) is 11.4 Å². The van der Waals surface area contributed by atoms with Crippen molar-refractivity contribution >= 4 is 29.3 Å². The number of rotatable bonds is 4. The quantitative estimate of drug-likeness (QED) is 0.400. The zero-order valence-corrected chi connectivity index (χ0v) is 18.4. The fourth-order valence-corrected chi connectivity index (χ4v) is 4.47. The maximum Gasteiger partial charge on any atom is 0.256 e. The molecule has 0 bridgehead atoms. The summed E-state index contributed by atoms with van der Waals surface area (Å²) in [4.78, 5) is 35.3. The number of halogens is 1. The second kappa shape index (κ2) is 8.95. The number of phenolic OH excluding ortho intramolecular Hbond substituents is 1. The Bertz CT molecular complexity index is 1430. The van der Waals surface area contributed by atoms with E-state index >= 15 is 0 Å². The molecule has 7 nitrogen and oxygen atoms in total. The molecule has 0 saturated heterocycles. The lowest BCUT2D eigenvalue weighted by Gasteiger charge is -2.10. The van der Waals surface area contributed by atoms with Gasteiger partial charge in [0, 0.05) is 45.9 Å². The molecule has 3 N–H and O–H groups in total. The molecule has 2 heterocycles. The maximum absolute atomic E-state index is 14.0. The molecule has 34 heavy (non-hydrogen) atoms. The molecule has 0 fully saturated rings. The van der Waals surface area contributed by atoms with Crippen molar-refractivity contribution in [3.63, 3.8) is 0 Å². The summed E-state index contributed by atoms with van der Waals surface area (Å²) >= 11 is 1.47. The Hall–Kier alpha value is -4.24. The molecule has 0 atom stereocenters. The van der Waals surface area contributed by atoms with Crippen LogP contribution in [0.1, 0.15) is 26.3 Å². The molecule has 1 aliphatic rings. The molecule has 0 aliphatic carbocycles. The van der Waals surface area contributed by atoms with Crippen molar-refractivity contribution < 1.29 is 19.1 Å². The molecule has 5 rings (SSSR count). The third-order valence-corrected chi connectivity index (χ3v) is 6.35. The Kier molecular flexibility index (Phi) is 5.69. The van der Waals surface area contributed by atoms with Gasteiger partial charge in [0.25, 0.3) is 11.8 Å². The van der Waals surface area contributed by atoms with Gasteiger partial charge < -0.3 is 15.7 Å². The van der Waals surface area contributed by atoms with E-state index < -0.39 is 5.82 Å². The lowest BCUT2D eigenvalue weighted by molar-refractivity contribution is 0.0949. The topological polar surface area (TPSA) is 104 Å². The Morgan fingerprint density at radius 2 is 1.79 bits per heavy atom. The van der Waals surface area contributed by atoms with Gasteiger partial charge in [0.05, 0.1) is 16.8 Å². The third-order valence-electron chi connectivity index (χ3n) is 5.19. The van der Waals surface area contributed by atoms with E-state index in [1.54, 1.807) is 24.3 Å². The van der Waals surface area contributed by atoms with Crippen molar-refractivity contribution in [1.29, 1.82) is 0 Å². The molecule has 0 saturated carbocycles. The molecule has 1 aliphatic heterocycles. The molecule has 3 aromatic carbocycles. The summed E-state index contributed by atoms with van der Waals surface area (Å²) in [6.07, 6.45) is 3.00. The minimum Gasteiger partial charge on any atom is -0.508 e. The molecule has 1 aromatic heterocycles. The highest BCUT2D eigenvalue weighted by atomic mass is 32.2. The number of nitrogens with one attached hydrogen (secondary N) is 2. The van der Waals surface area contributed by atoms with Crippen molar-refractivity contribution in [2.45, 2.75) is 16.3 Å². The lowest BCUT2D eigenvalue weighted by Crippen LogP contribution is -2.23. The zero-order valence-electron chi connectivity index (χ0n) is 17.6. The van der Waals surface area contributed by atoms with Gasteiger partial charge >= 0.3 is 0 Å². The fraction of sp³-hybridized carbons (Fsp3) is 0.0400. The summed E-state index contributed by atoms with van der Waals surface area (Å²) < 4.78 is 14.0. The summed E-state index contributed by atoms with van der Waals surface area (Å²) in [6, 6.07) is 16.2. The van der Waals surface area contributed by atoms with Gasteiger partial charge in [0.2, 0.25) is 0 Å². The van der Waals surface area contributed by atoms with Crippen LogP contribution in [-0.4, -0.2) is 26.9 Å². The Morgan fingerprint density at radius 3 is 2.59 bits per heavy atom. The Labute approximate surface area is 198 Å². The number of nitrogens with zero attached hydrogens (tertiary/aromatic N) is 2. The number of aromatic nitrogens is 2. The molecular weight excluding hydrogens is 455 g/mol. The average Bonchev–Trinajstić information content (AvgIpc) is 2.98. The second-order valence-electron chi connectivity index (χ2n) is 7.53. The fourth-order valence-electron chi connectivity index (χ4n) is 3.46. The standard InChI is InChI=1S/C25H17FN4O3S/c26-19-10-16(31)6-7-17(19)23-27-11-14(12-28-23)13-29-24(32)15-5-8-22-20(9-15)30-25(33)18-3-1-2-4-21(18)34-22/h1-12,31H,13H2,(H,29,32)(H,30,33). The SMILES string of the molecule is O=C(NCc1cnc(-c2ccc(O)cc2F)nc1)c1ccc2c(c1)NC(=O)c1ccccc1S2. The van der Waals surface area contributed by atoms with Crippen LogP contribution in [-0.2, 0) is 6.54 Å². The van der Waals surface area contributed by atoms with Gasteiger partial charge in [0.15, 0.2) is 5.82 Å². The second-order valence-corrected chi connectivity index (χ2v) is 8.61. The van der Waals surface area contributed by atoms with E-state index in [2.05, 4.69) is 20.6 Å². The molecule has 0 spiro atoms. The minimum absolute atomic E-state index is 0.167. The summed E-state index contributed by atoms with van der Waals surface area (Å²) in [5.74, 6) is -1.18. The van der Waals surface area contributed by atoms with Crippen molar-refractivity contribution in [1.82, 2.24) is 15.3 Å². The van der Waals surface area contributed by atoms with E-state index in [-0.39, 0.29) is 35.5 Å². The predicted octanol–water partition coefficient (Wildman–Crippen LogP) is 4.64. The Balaban J connectivity index is 1.27. The van der Waals surface area contributed by atoms with Crippen LogP contribution in [0.5, 0.6) is 5.75 Å². The van der Waals surface area contributed by atoms with E-state index in [9.17, 15) is 19.1 Å². The van der Waals surface area contributed by atoms with Crippen LogP contribution in [0.15, 0.2) is 82.8 Å². The summed E-state index contributed by atoms with van der Waals surface area (Å²) in [5.41, 5.74) is 2.35. The highest BCUT2D eigenvalue weighted by Crippen LogP contribution is 2.39. The van der Waals surface area contributed by atoms with E-state index in [0.29, 0.717) is 22.4 Å². The van der Waals surface area contributed by atoms with Crippen molar-refractivity contribution in [3.05, 3.63) is 95.6 Å². The zero-order chi connectivity index (χ0) is 23.7. The summed E-state index contributed by atoms with van der Waals surface area (Å²) in [6.45, 7) is 0.167. The largest absolute Gasteiger partial charge is 0.508 e. The molecule has 4 aromatic rings. The highest BCUT2D eigenvalue weighted by molar-refractivity contribution is 7.99. The number of anilines is 1. The summed E-state index contributed by atoms with van der Waals surface area (Å²) in [5, 5.41) is 15.0. The minimum atomic E-state index is -0.627. The molecular formula is C25H17FN4O3S. The molecule has 9 heteroatoms. The van der Waals surface area contributed by atoms with Crippen LogP contribution in [0.3, 0.4) is 0 Å². The number of carbonyl (C=O) groups excluding carboxylic acids is 2. The van der Waals surface area contributed by atoms with E-state index in [1.807, 2.05) is 18.2 Å². The van der Waals surface area contributed by atoms with Crippen molar-refractivity contribution in [2.24, 2.45) is 0 Å². The van der Waals surface area contributed by atoms with E-state index in [4.69, 9.17) is 0 Å². The number of hydrogen-bond donors (Lipinski definition) is 3. The van der Waals surface area contributed by atoms with Crippen molar-refractivity contribution in [3.8, 4) is 17.1 Å². The molecule has 168 valence electrons. The van der Waals surface area contributed by atoms with Crippen LogP contribution in [0.4, 0.5) is 10.1 Å². The number of carbonyl (C=O) groups is 2. The first kappa shape index (κ1) is 21.6. The van der Waals surface area contributed by atoms with Gasteiger partial charge in [-0.3, -0.25) is 9.59 Å². The third kappa shape index (κ3) is 4.33. The maximum atomic E-state index is 14.0. The van der Waals surface area contributed by atoms with Gasteiger partial charge in [0.1, 0.15) is 11.6 Å². The first-order chi connectivity index (χ1) is 16.5. The number of amides is 2. The smallest absolute Gasteiger partial charge is 0.256 e. The van der Waals surface area contributed by atoms with Crippen LogP contribution in [0, 0.1) is 5.82 Å². The normalized spacial score (nSPS) is 12.2.